The molecule has 0 spiro atoms. The van der Waals surface area contributed by atoms with Crippen LogP contribution in [-0.2, 0) is 5.41 Å². The minimum atomic E-state index is -0.0104. The van der Waals surface area contributed by atoms with Gasteiger partial charge in [-0.2, -0.15) is 0 Å². The molecule has 16 heavy (non-hydrogen) atoms. The lowest BCUT2D eigenvalue weighted by molar-refractivity contribution is 0.360. The van der Waals surface area contributed by atoms with Gasteiger partial charge in [-0.25, -0.2) is 0 Å². The maximum absolute atomic E-state index is 9.94. The van der Waals surface area contributed by atoms with E-state index in [1.807, 2.05) is 19.1 Å². The molecule has 1 aliphatic carbocycles. The van der Waals surface area contributed by atoms with Crippen LogP contribution in [0.25, 0.3) is 0 Å². The minimum Gasteiger partial charge on any atom is -0.503 e. The lowest BCUT2D eigenvalue weighted by Gasteiger charge is -2.23. The van der Waals surface area contributed by atoms with Gasteiger partial charge >= 0.3 is 0 Å². The fraction of sp³-hybridized carbons (Fsp3) is 0.500. The van der Waals surface area contributed by atoms with Gasteiger partial charge in [-0.1, -0.05) is 6.07 Å². The molecular formula is C12H16BrNO2. The maximum atomic E-state index is 9.94. The molecule has 1 saturated carbocycles. The number of rotatable bonds is 3. The third-order valence-corrected chi connectivity index (χ3v) is 4.12. The topological polar surface area (TPSA) is 55.5 Å². The van der Waals surface area contributed by atoms with Crippen LogP contribution < -0.4 is 10.5 Å². The van der Waals surface area contributed by atoms with Gasteiger partial charge in [0, 0.05) is 17.0 Å². The number of methoxy groups -OCH3 is 1. The average Bonchev–Trinajstić information content (AvgIpc) is 3.02. The molecule has 0 amide bonds. The molecule has 1 fully saturated rings. The largest absolute Gasteiger partial charge is 0.503 e. The van der Waals surface area contributed by atoms with Gasteiger partial charge in [-0.3, -0.25) is 0 Å². The maximum Gasteiger partial charge on any atom is 0.172 e. The van der Waals surface area contributed by atoms with Crippen molar-refractivity contribution in [2.75, 3.05) is 7.11 Å². The van der Waals surface area contributed by atoms with Crippen LogP contribution in [0.5, 0.6) is 11.5 Å². The standard InChI is InChI=1S/C12H16BrNO2/c1-7(14)12(5-6-12)8-3-4-9(13)10(15)11(8)16-2/h3-4,7,15H,5-6,14H2,1-2H3. The zero-order valence-corrected chi connectivity index (χ0v) is 11.0. The van der Waals surface area contributed by atoms with Crippen molar-refractivity contribution in [3.05, 3.63) is 22.2 Å². The summed E-state index contributed by atoms with van der Waals surface area (Å²) in [6.07, 6.45) is 2.12. The SMILES string of the molecule is COc1c(C2(C(C)N)CC2)ccc(Br)c1O. The van der Waals surface area contributed by atoms with E-state index in [-0.39, 0.29) is 17.2 Å². The Morgan fingerprint density at radius 1 is 1.50 bits per heavy atom. The van der Waals surface area contributed by atoms with E-state index in [2.05, 4.69) is 15.9 Å². The van der Waals surface area contributed by atoms with Crippen LogP contribution in [0.15, 0.2) is 16.6 Å². The summed E-state index contributed by atoms with van der Waals surface area (Å²) < 4.78 is 5.94. The van der Waals surface area contributed by atoms with E-state index in [1.54, 1.807) is 7.11 Å². The van der Waals surface area contributed by atoms with E-state index in [0.717, 1.165) is 18.4 Å². The highest BCUT2D eigenvalue weighted by Gasteiger charge is 2.49. The molecule has 1 aromatic carbocycles. The molecule has 0 radical (unpaired) electrons. The van der Waals surface area contributed by atoms with E-state index in [4.69, 9.17) is 10.5 Å². The van der Waals surface area contributed by atoms with Crippen molar-refractivity contribution in [2.45, 2.75) is 31.2 Å². The quantitative estimate of drug-likeness (QED) is 0.897. The number of hydrogen-bond acceptors (Lipinski definition) is 3. The van der Waals surface area contributed by atoms with Gasteiger partial charge < -0.3 is 15.6 Å². The highest BCUT2D eigenvalue weighted by Crippen LogP contribution is 2.55. The lowest BCUT2D eigenvalue weighted by Crippen LogP contribution is -2.31. The van der Waals surface area contributed by atoms with E-state index < -0.39 is 0 Å². The van der Waals surface area contributed by atoms with Gasteiger partial charge in [-0.15, -0.1) is 0 Å². The minimum absolute atomic E-state index is 0.0104. The number of phenols is 1. The molecule has 3 N–H and O–H groups in total. The van der Waals surface area contributed by atoms with E-state index in [9.17, 15) is 5.11 Å². The second-order valence-corrected chi connectivity index (χ2v) is 5.28. The highest BCUT2D eigenvalue weighted by molar-refractivity contribution is 9.10. The van der Waals surface area contributed by atoms with Crippen molar-refractivity contribution < 1.29 is 9.84 Å². The van der Waals surface area contributed by atoms with Gasteiger partial charge in [0.1, 0.15) is 0 Å². The summed E-state index contributed by atoms with van der Waals surface area (Å²) in [5.41, 5.74) is 7.04. The normalized spacial score (nSPS) is 19.2. The molecule has 0 heterocycles. The van der Waals surface area contributed by atoms with Gasteiger partial charge in [0.15, 0.2) is 11.5 Å². The van der Waals surface area contributed by atoms with Crippen LogP contribution >= 0.6 is 15.9 Å². The summed E-state index contributed by atoms with van der Waals surface area (Å²) in [7, 11) is 1.57. The van der Waals surface area contributed by atoms with E-state index >= 15 is 0 Å². The zero-order valence-electron chi connectivity index (χ0n) is 9.46. The third-order valence-electron chi connectivity index (χ3n) is 3.48. The molecule has 0 aliphatic heterocycles. The van der Waals surface area contributed by atoms with Crippen LogP contribution in [-0.4, -0.2) is 18.3 Å². The van der Waals surface area contributed by atoms with Crippen molar-refractivity contribution >= 4 is 15.9 Å². The molecule has 88 valence electrons. The first-order valence-electron chi connectivity index (χ1n) is 5.34. The van der Waals surface area contributed by atoms with Crippen molar-refractivity contribution in [1.82, 2.24) is 0 Å². The summed E-state index contributed by atoms with van der Waals surface area (Å²) in [5.74, 6) is 0.705. The van der Waals surface area contributed by atoms with Crippen molar-refractivity contribution in [2.24, 2.45) is 5.73 Å². The number of halogens is 1. The van der Waals surface area contributed by atoms with Gasteiger partial charge in [-0.05, 0) is 41.8 Å². The van der Waals surface area contributed by atoms with E-state index in [1.165, 1.54) is 0 Å². The van der Waals surface area contributed by atoms with Crippen molar-refractivity contribution in [1.29, 1.82) is 0 Å². The summed E-state index contributed by atoms with van der Waals surface area (Å²) in [4.78, 5) is 0. The monoisotopic (exact) mass is 285 g/mol. The predicted molar refractivity (Wildman–Crippen MR) is 66.9 cm³/mol. The summed E-state index contributed by atoms with van der Waals surface area (Å²) >= 11 is 3.28. The van der Waals surface area contributed by atoms with Crippen molar-refractivity contribution in [3.63, 3.8) is 0 Å². The number of aromatic hydroxyl groups is 1. The Labute approximate surface area is 104 Å². The number of nitrogens with two attached hydrogens (primary N) is 1. The average molecular weight is 286 g/mol. The van der Waals surface area contributed by atoms with Crippen LogP contribution in [0.3, 0.4) is 0 Å². The third kappa shape index (κ3) is 1.60. The van der Waals surface area contributed by atoms with Crippen LogP contribution in [0, 0.1) is 0 Å². The Hall–Kier alpha value is -0.740. The molecule has 1 atom stereocenters. The van der Waals surface area contributed by atoms with Crippen molar-refractivity contribution in [3.8, 4) is 11.5 Å². The Morgan fingerprint density at radius 2 is 2.12 bits per heavy atom. The number of hydrogen-bond donors (Lipinski definition) is 2. The first-order chi connectivity index (χ1) is 7.53. The molecule has 0 aromatic heterocycles. The van der Waals surface area contributed by atoms with E-state index in [0.29, 0.717) is 10.2 Å². The Morgan fingerprint density at radius 3 is 2.56 bits per heavy atom. The molecule has 1 unspecified atom stereocenters. The zero-order chi connectivity index (χ0) is 11.9. The first kappa shape index (κ1) is 11.7. The second kappa shape index (κ2) is 3.93. The van der Waals surface area contributed by atoms with Gasteiger partial charge in [0.2, 0.25) is 0 Å². The Bertz CT molecular complexity index is 414. The van der Waals surface area contributed by atoms with Crippen LogP contribution in [0.2, 0.25) is 0 Å². The predicted octanol–water partition coefficient (Wildman–Crippen LogP) is 2.54. The molecule has 0 bridgehead atoms. The Kier molecular flexibility index (Phi) is 2.88. The highest BCUT2D eigenvalue weighted by atomic mass is 79.9. The van der Waals surface area contributed by atoms with Gasteiger partial charge in [0.05, 0.1) is 11.6 Å². The fourth-order valence-electron chi connectivity index (χ4n) is 2.25. The number of benzene rings is 1. The second-order valence-electron chi connectivity index (χ2n) is 4.42. The molecule has 0 saturated heterocycles. The van der Waals surface area contributed by atoms with Crippen LogP contribution in [0.1, 0.15) is 25.3 Å². The van der Waals surface area contributed by atoms with Gasteiger partial charge in [0.25, 0.3) is 0 Å². The molecule has 1 aliphatic rings. The number of ether oxygens (including phenoxy) is 1. The fourth-order valence-corrected chi connectivity index (χ4v) is 2.56. The molecule has 4 heteroatoms. The summed E-state index contributed by atoms with van der Waals surface area (Å²) in [6.45, 7) is 2.01. The molecule has 2 rings (SSSR count). The molecule has 3 nitrogen and oxygen atoms in total. The molecular weight excluding hydrogens is 270 g/mol. The Balaban J connectivity index is 2.54. The number of phenolic OH excluding ortho intramolecular Hbond substituents is 1. The first-order valence-corrected chi connectivity index (χ1v) is 6.14. The smallest absolute Gasteiger partial charge is 0.172 e. The molecule has 1 aromatic rings. The lowest BCUT2D eigenvalue weighted by atomic mass is 9.88. The van der Waals surface area contributed by atoms with Crippen LogP contribution in [0.4, 0.5) is 0 Å². The summed E-state index contributed by atoms with van der Waals surface area (Å²) in [6, 6.07) is 3.90. The summed E-state index contributed by atoms with van der Waals surface area (Å²) in [5, 5.41) is 9.94.